The Morgan fingerprint density at radius 2 is 1.23 bits per heavy atom. The number of carbonyl (C=O) groups is 1. The lowest BCUT2D eigenvalue weighted by atomic mass is 9.89. The molecule has 0 radical (unpaired) electrons. The SMILES string of the molecule is COCCOCCOCCOCCOCCOC(=O)C=Cc1ccc(-c2nc3c(c(=O)n(CC4CCCCC4)c(=O)n3CC3CCCCC3)n2C)cc1. The van der Waals surface area contributed by atoms with Gasteiger partial charge in [-0.2, -0.15) is 0 Å². The van der Waals surface area contributed by atoms with Crippen molar-refractivity contribution >= 4 is 23.2 Å². The van der Waals surface area contributed by atoms with Gasteiger partial charge in [0.05, 0.1) is 59.5 Å². The number of rotatable bonds is 22. The summed E-state index contributed by atoms with van der Waals surface area (Å²) in [6.45, 7) is 5.36. The minimum absolute atomic E-state index is 0.134. The maximum Gasteiger partial charge on any atom is 0.332 e. The molecule has 2 aliphatic rings. The van der Waals surface area contributed by atoms with Crippen molar-refractivity contribution < 1.29 is 33.2 Å². The molecular weight excluding hydrogens is 680 g/mol. The third-order valence-electron chi connectivity index (χ3n) is 10.2. The van der Waals surface area contributed by atoms with E-state index in [1.807, 2.05) is 35.9 Å². The number of hydrogen-bond acceptors (Lipinski definition) is 10. The summed E-state index contributed by atoms with van der Waals surface area (Å²) in [4.78, 5) is 45.2. The van der Waals surface area contributed by atoms with Gasteiger partial charge in [-0.25, -0.2) is 14.6 Å². The fourth-order valence-electron chi connectivity index (χ4n) is 7.26. The summed E-state index contributed by atoms with van der Waals surface area (Å²) in [5.74, 6) is 0.907. The molecule has 0 amide bonds. The van der Waals surface area contributed by atoms with Gasteiger partial charge in [0.25, 0.3) is 5.56 Å². The molecule has 0 bridgehead atoms. The van der Waals surface area contributed by atoms with Crippen LogP contribution >= 0.6 is 0 Å². The van der Waals surface area contributed by atoms with Crippen molar-refractivity contribution in [2.75, 3.05) is 73.2 Å². The number of fused-ring (bicyclic) bond motifs is 1. The maximum atomic E-state index is 14.0. The Hall–Kier alpha value is -3.62. The summed E-state index contributed by atoms with van der Waals surface area (Å²) in [5, 5.41) is 0. The number of aromatic nitrogens is 4. The topological polar surface area (TPSA) is 134 Å². The molecule has 53 heavy (non-hydrogen) atoms. The van der Waals surface area contributed by atoms with Crippen LogP contribution in [0.25, 0.3) is 28.6 Å². The second kappa shape index (κ2) is 21.9. The Balaban J connectivity index is 1.12. The second-order valence-corrected chi connectivity index (χ2v) is 14.0. The van der Waals surface area contributed by atoms with Crippen molar-refractivity contribution in [2.45, 2.75) is 77.3 Å². The van der Waals surface area contributed by atoms with Gasteiger partial charge in [-0.15, -0.1) is 0 Å². The highest BCUT2D eigenvalue weighted by molar-refractivity contribution is 5.87. The van der Waals surface area contributed by atoms with Crippen LogP contribution in [-0.4, -0.2) is 97.8 Å². The standard InChI is InChI=1S/C40H58N4O9/c1-42-36-38(43(29-32-9-5-3-6-10-32)40(47)44(39(36)46)30-33-11-7-4-8-12-33)41-37(42)34-16-13-31(14-17-34)15-18-35(45)53-28-27-52-26-25-51-24-23-50-22-21-49-20-19-48-2/h13-18,32-33H,3-12,19-30H2,1-2H3. The Bertz CT molecular complexity index is 1700. The van der Waals surface area contributed by atoms with Crippen LogP contribution in [0.4, 0.5) is 0 Å². The quantitative estimate of drug-likeness (QED) is 0.0789. The third kappa shape index (κ3) is 12.2. The van der Waals surface area contributed by atoms with Crippen LogP contribution in [0.2, 0.25) is 0 Å². The number of ether oxygens (including phenoxy) is 6. The highest BCUT2D eigenvalue weighted by atomic mass is 16.6. The first-order valence-electron chi connectivity index (χ1n) is 19.4. The zero-order chi connectivity index (χ0) is 37.3. The summed E-state index contributed by atoms with van der Waals surface area (Å²) >= 11 is 0. The van der Waals surface area contributed by atoms with Gasteiger partial charge < -0.3 is 33.0 Å². The van der Waals surface area contributed by atoms with E-state index in [-0.39, 0.29) is 24.5 Å². The van der Waals surface area contributed by atoms with Crippen LogP contribution in [0.3, 0.4) is 0 Å². The molecule has 0 aliphatic heterocycles. The van der Waals surface area contributed by atoms with Crippen molar-refractivity contribution in [3.63, 3.8) is 0 Å². The Morgan fingerprint density at radius 3 is 1.77 bits per heavy atom. The molecular formula is C40H58N4O9. The number of hydrogen-bond donors (Lipinski definition) is 0. The molecule has 0 spiro atoms. The number of esters is 1. The molecule has 0 N–H and O–H groups in total. The molecule has 292 valence electrons. The van der Waals surface area contributed by atoms with Crippen LogP contribution in [0.5, 0.6) is 0 Å². The molecule has 13 heteroatoms. The average molecular weight is 739 g/mol. The number of aryl methyl sites for hydroxylation is 1. The van der Waals surface area contributed by atoms with Gasteiger partial charge in [0.2, 0.25) is 0 Å². The summed E-state index contributed by atoms with van der Waals surface area (Å²) in [5.41, 5.74) is 2.07. The van der Waals surface area contributed by atoms with E-state index in [4.69, 9.17) is 33.4 Å². The zero-order valence-electron chi connectivity index (χ0n) is 31.6. The van der Waals surface area contributed by atoms with Crippen LogP contribution in [-0.2, 0) is 53.4 Å². The summed E-state index contributed by atoms with van der Waals surface area (Å²) in [7, 11) is 3.49. The molecule has 1 aromatic carbocycles. The van der Waals surface area contributed by atoms with Gasteiger partial charge in [0.1, 0.15) is 12.4 Å². The zero-order valence-corrected chi connectivity index (χ0v) is 31.6. The lowest BCUT2D eigenvalue weighted by Crippen LogP contribution is -2.43. The van der Waals surface area contributed by atoms with Gasteiger partial charge in [-0.1, -0.05) is 62.8 Å². The molecule has 0 atom stereocenters. The maximum absolute atomic E-state index is 14.0. The van der Waals surface area contributed by atoms with Crippen LogP contribution in [0, 0.1) is 11.8 Å². The Morgan fingerprint density at radius 1 is 0.717 bits per heavy atom. The Kier molecular flexibility index (Phi) is 16.8. The van der Waals surface area contributed by atoms with Crippen molar-refractivity contribution in [2.24, 2.45) is 18.9 Å². The van der Waals surface area contributed by atoms with E-state index in [1.165, 1.54) is 36.3 Å². The first kappa shape index (κ1) is 40.6. The lowest BCUT2D eigenvalue weighted by Gasteiger charge is -2.24. The van der Waals surface area contributed by atoms with Gasteiger partial charge in [0.15, 0.2) is 11.2 Å². The predicted molar refractivity (Wildman–Crippen MR) is 203 cm³/mol. The fourth-order valence-corrected chi connectivity index (χ4v) is 7.26. The van der Waals surface area contributed by atoms with Crippen LogP contribution in [0.1, 0.15) is 69.8 Å². The second-order valence-electron chi connectivity index (χ2n) is 14.0. The number of nitrogens with zero attached hydrogens (tertiary/aromatic N) is 4. The van der Waals surface area contributed by atoms with E-state index in [2.05, 4.69) is 0 Å². The van der Waals surface area contributed by atoms with E-state index in [0.717, 1.165) is 49.7 Å². The van der Waals surface area contributed by atoms with Crippen molar-refractivity contribution in [1.29, 1.82) is 0 Å². The van der Waals surface area contributed by atoms with Gasteiger partial charge in [-0.05, 0) is 49.2 Å². The molecule has 13 nitrogen and oxygen atoms in total. The minimum Gasteiger partial charge on any atom is -0.460 e. The minimum atomic E-state index is -0.465. The molecule has 2 aliphatic carbocycles. The number of imidazole rings is 1. The summed E-state index contributed by atoms with van der Waals surface area (Å²) in [6.07, 6.45) is 14.5. The lowest BCUT2D eigenvalue weighted by molar-refractivity contribution is -0.139. The predicted octanol–water partition coefficient (Wildman–Crippen LogP) is 4.99. The molecule has 2 heterocycles. The summed E-state index contributed by atoms with van der Waals surface area (Å²) in [6, 6.07) is 7.61. The number of methoxy groups -OCH3 is 1. The number of benzene rings is 1. The largest absolute Gasteiger partial charge is 0.460 e. The van der Waals surface area contributed by atoms with Crippen LogP contribution in [0.15, 0.2) is 39.9 Å². The van der Waals surface area contributed by atoms with E-state index in [0.29, 0.717) is 94.8 Å². The fraction of sp³-hybridized carbons (Fsp3) is 0.650. The molecule has 0 unspecified atom stereocenters. The number of carbonyl (C=O) groups excluding carboxylic acids is 1. The van der Waals surface area contributed by atoms with E-state index < -0.39 is 5.97 Å². The monoisotopic (exact) mass is 738 g/mol. The first-order chi connectivity index (χ1) is 26.0. The first-order valence-corrected chi connectivity index (χ1v) is 19.4. The van der Waals surface area contributed by atoms with E-state index >= 15 is 0 Å². The van der Waals surface area contributed by atoms with E-state index in [9.17, 15) is 14.4 Å². The third-order valence-corrected chi connectivity index (χ3v) is 10.2. The molecule has 2 saturated carbocycles. The summed E-state index contributed by atoms with van der Waals surface area (Å²) < 4.78 is 36.9. The normalized spacial score (nSPS) is 15.9. The van der Waals surface area contributed by atoms with E-state index in [1.54, 1.807) is 17.8 Å². The Labute approximate surface area is 312 Å². The van der Waals surface area contributed by atoms with Gasteiger partial charge >= 0.3 is 11.7 Å². The molecule has 3 aromatic rings. The highest BCUT2D eigenvalue weighted by Gasteiger charge is 2.25. The molecule has 2 fully saturated rings. The smallest absolute Gasteiger partial charge is 0.332 e. The van der Waals surface area contributed by atoms with Crippen molar-refractivity contribution in [1.82, 2.24) is 18.7 Å². The molecule has 5 rings (SSSR count). The molecule has 0 saturated heterocycles. The van der Waals surface area contributed by atoms with Crippen LogP contribution < -0.4 is 11.2 Å². The van der Waals surface area contributed by atoms with Crippen molar-refractivity contribution in [3.8, 4) is 11.4 Å². The van der Waals surface area contributed by atoms with Gasteiger partial charge in [-0.3, -0.25) is 13.9 Å². The average Bonchev–Trinajstić information content (AvgIpc) is 3.53. The van der Waals surface area contributed by atoms with Crippen molar-refractivity contribution in [3.05, 3.63) is 56.7 Å². The highest BCUT2D eigenvalue weighted by Crippen LogP contribution is 2.28. The molecule has 2 aromatic heterocycles. The van der Waals surface area contributed by atoms with Gasteiger partial charge in [0, 0.05) is 38.9 Å².